The van der Waals surface area contributed by atoms with E-state index in [0.717, 1.165) is 17.1 Å². The van der Waals surface area contributed by atoms with Crippen molar-refractivity contribution in [2.75, 3.05) is 4.90 Å². The number of rotatable bonds is 3. The minimum Gasteiger partial charge on any atom is -0.310 e. The topological polar surface area (TPSA) is 16.1 Å². The lowest BCUT2D eigenvalue weighted by molar-refractivity contribution is 0.660. The van der Waals surface area contributed by atoms with Gasteiger partial charge in [0.05, 0.1) is 0 Å². The zero-order valence-electron chi connectivity index (χ0n) is 23.9. The molecule has 0 N–H and O–H groups in total. The number of fused-ring (bicyclic) bond motifs is 7. The lowest BCUT2D eigenvalue weighted by Crippen LogP contribution is -2.16. The van der Waals surface area contributed by atoms with E-state index in [1.54, 1.807) is 0 Å². The van der Waals surface area contributed by atoms with Gasteiger partial charge >= 0.3 is 0 Å². The highest BCUT2D eigenvalue weighted by atomic mass is 15.1. The summed E-state index contributed by atoms with van der Waals surface area (Å²) in [6.07, 6.45) is 3.76. The normalized spacial score (nSPS) is 15.2. The molecule has 8 rings (SSSR count). The Morgan fingerprint density at radius 3 is 1.63 bits per heavy atom. The van der Waals surface area contributed by atoms with E-state index in [2.05, 4.69) is 147 Å². The van der Waals surface area contributed by atoms with Gasteiger partial charge in [-0.25, -0.2) is 0 Å². The number of benzene rings is 5. The van der Waals surface area contributed by atoms with Crippen molar-refractivity contribution >= 4 is 27.8 Å². The van der Waals surface area contributed by atoms with Crippen molar-refractivity contribution in [1.82, 2.24) is 4.98 Å². The Bertz CT molecular complexity index is 2000. The van der Waals surface area contributed by atoms with Crippen LogP contribution in [0.3, 0.4) is 0 Å². The van der Waals surface area contributed by atoms with Crippen LogP contribution in [-0.4, -0.2) is 4.98 Å². The highest BCUT2D eigenvalue weighted by Crippen LogP contribution is 2.53. The van der Waals surface area contributed by atoms with E-state index in [1.807, 2.05) is 12.4 Å². The summed E-state index contributed by atoms with van der Waals surface area (Å²) in [7, 11) is 0. The first-order valence-electron chi connectivity index (χ1n) is 14.5. The quantitative estimate of drug-likeness (QED) is 0.227. The fourth-order valence-corrected chi connectivity index (χ4v) is 7.35. The van der Waals surface area contributed by atoms with Crippen LogP contribution in [0, 0.1) is 0 Å². The molecular formula is C39H32N2. The van der Waals surface area contributed by atoms with Crippen LogP contribution in [0.1, 0.15) is 49.9 Å². The summed E-state index contributed by atoms with van der Waals surface area (Å²) in [5, 5.41) is 2.58. The SMILES string of the molecule is CC1(C)c2ccccc2-c2cc(N(c3ccncc3)c3ccc4c(c3)-c3cc5ccccc5cc3C4(C)C)ccc21. The Balaban J connectivity index is 1.33. The second-order valence-corrected chi connectivity index (χ2v) is 12.5. The first-order chi connectivity index (χ1) is 19.8. The molecule has 6 aromatic rings. The second-order valence-electron chi connectivity index (χ2n) is 12.5. The van der Waals surface area contributed by atoms with E-state index in [4.69, 9.17) is 0 Å². The van der Waals surface area contributed by atoms with Gasteiger partial charge in [0, 0.05) is 40.3 Å². The molecular weight excluding hydrogens is 496 g/mol. The van der Waals surface area contributed by atoms with Gasteiger partial charge in [-0.15, -0.1) is 0 Å². The van der Waals surface area contributed by atoms with E-state index in [9.17, 15) is 0 Å². The minimum atomic E-state index is -0.0579. The fourth-order valence-electron chi connectivity index (χ4n) is 7.35. The molecule has 0 saturated heterocycles. The molecule has 0 bridgehead atoms. The number of pyridine rings is 1. The van der Waals surface area contributed by atoms with Crippen LogP contribution in [0.5, 0.6) is 0 Å². The molecule has 0 radical (unpaired) electrons. The molecule has 0 saturated carbocycles. The Morgan fingerprint density at radius 2 is 0.951 bits per heavy atom. The van der Waals surface area contributed by atoms with Crippen LogP contribution in [0.2, 0.25) is 0 Å². The monoisotopic (exact) mass is 528 g/mol. The van der Waals surface area contributed by atoms with Gasteiger partial charge in [-0.1, -0.05) is 88.4 Å². The Labute approximate surface area is 241 Å². The molecule has 2 heteroatoms. The summed E-state index contributed by atoms with van der Waals surface area (Å²) in [5.74, 6) is 0. The van der Waals surface area contributed by atoms with E-state index in [1.165, 1.54) is 55.3 Å². The fraction of sp³-hybridized carbons (Fsp3) is 0.154. The largest absolute Gasteiger partial charge is 0.310 e. The number of aromatic nitrogens is 1. The standard InChI is InChI=1S/C39H32N2/c1-38(2)34-12-8-7-11-30(34)32-23-28(13-15-35(32)38)41(27-17-19-40-20-18-27)29-14-16-36-33(24-29)31-21-25-9-5-6-10-26(25)22-37(31)39(36,3)4/h5-24H,1-4H3. The van der Waals surface area contributed by atoms with Crippen molar-refractivity contribution in [1.29, 1.82) is 0 Å². The first kappa shape index (κ1) is 24.1. The van der Waals surface area contributed by atoms with Crippen LogP contribution in [0.25, 0.3) is 33.0 Å². The van der Waals surface area contributed by atoms with E-state index in [0.29, 0.717) is 0 Å². The van der Waals surface area contributed by atoms with Gasteiger partial charge in [-0.2, -0.15) is 0 Å². The van der Waals surface area contributed by atoms with E-state index in [-0.39, 0.29) is 10.8 Å². The molecule has 0 spiro atoms. The lowest BCUT2D eigenvalue weighted by Gasteiger charge is -2.28. The molecule has 2 nitrogen and oxygen atoms in total. The maximum atomic E-state index is 4.33. The van der Waals surface area contributed by atoms with Crippen molar-refractivity contribution in [2.45, 2.75) is 38.5 Å². The summed E-state index contributed by atoms with van der Waals surface area (Å²) in [6.45, 7) is 9.38. The van der Waals surface area contributed by atoms with Gasteiger partial charge in [0.2, 0.25) is 0 Å². The first-order valence-corrected chi connectivity index (χ1v) is 14.5. The number of anilines is 3. The zero-order chi connectivity index (χ0) is 27.9. The van der Waals surface area contributed by atoms with Crippen LogP contribution in [0.15, 0.2) is 122 Å². The van der Waals surface area contributed by atoms with Gasteiger partial charge in [-0.3, -0.25) is 4.98 Å². The highest BCUT2D eigenvalue weighted by molar-refractivity contribution is 5.95. The molecule has 5 aromatic carbocycles. The van der Waals surface area contributed by atoms with Crippen molar-refractivity contribution in [3.05, 3.63) is 144 Å². The molecule has 0 amide bonds. The average molecular weight is 529 g/mol. The third-order valence-corrected chi connectivity index (χ3v) is 9.53. The molecule has 0 unspecified atom stereocenters. The molecule has 2 aliphatic rings. The molecule has 1 heterocycles. The Morgan fingerprint density at radius 1 is 0.439 bits per heavy atom. The molecule has 41 heavy (non-hydrogen) atoms. The summed E-state index contributed by atoms with van der Waals surface area (Å²) in [4.78, 5) is 6.71. The third-order valence-electron chi connectivity index (χ3n) is 9.53. The van der Waals surface area contributed by atoms with Crippen molar-refractivity contribution < 1.29 is 0 Å². The van der Waals surface area contributed by atoms with Gasteiger partial charge in [0.25, 0.3) is 0 Å². The van der Waals surface area contributed by atoms with Crippen LogP contribution in [-0.2, 0) is 10.8 Å². The predicted molar refractivity (Wildman–Crippen MR) is 172 cm³/mol. The van der Waals surface area contributed by atoms with Gasteiger partial charge < -0.3 is 4.90 Å². The molecule has 2 aliphatic carbocycles. The van der Waals surface area contributed by atoms with E-state index >= 15 is 0 Å². The maximum absolute atomic E-state index is 4.33. The predicted octanol–water partition coefficient (Wildman–Crippen LogP) is 10.3. The third kappa shape index (κ3) is 3.40. The second kappa shape index (κ2) is 8.41. The van der Waals surface area contributed by atoms with Crippen molar-refractivity contribution in [2.24, 2.45) is 0 Å². The van der Waals surface area contributed by atoms with E-state index < -0.39 is 0 Å². The van der Waals surface area contributed by atoms with Gasteiger partial charge in [0.15, 0.2) is 0 Å². The number of hydrogen-bond acceptors (Lipinski definition) is 2. The van der Waals surface area contributed by atoms with Crippen molar-refractivity contribution in [3.63, 3.8) is 0 Å². The van der Waals surface area contributed by atoms with Crippen molar-refractivity contribution in [3.8, 4) is 22.3 Å². The number of hydrogen-bond donors (Lipinski definition) is 0. The van der Waals surface area contributed by atoms with Gasteiger partial charge in [-0.05, 0) is 104 Å². The smallest absolute Gasteiger partial charge is 0.0492 e. The minimum absolute atomic E-state index is 0.0163. The Hall–Kier alpha value is -4.69. The molecule has 1 aromatic heterocycles. The molecule has 198 valence electrons. The lowest BCUT2D eigenvalue weighted by atomic mass is 9.82. The van der Waals surface area contributed by atoms with Crippen LogP contribution in [0.4, 0.5) is 17.1 Å². The summed E-state index contributed by atoms with van der Waals surface area (Å²) < 4.78 is 0. The molecule has 0 fully saturated rings. The molecule has 0 aliphatic heterocycles. The summed E-state index contributed by atoms with van der Waals surface area (Å²) >= 11 is 0. The maximum Gasteiger partial charge on any atom is 0.0492 e. The Kier molecular flexibility index (Phi) is 4.95. The number of nitrogens with zero attached hydrogens (tertiary/aromatic N) is 2. The van der Waals surface area contributed by atoms with Crippen LogP contribution >= 0.6 is 0 Å². The van der Waals surface area contributed by atoms with Gasteiger partial charge in [0.1, 0.15) is 0 Å². The zero-order valence-corrected chi connectivity index (χ0v) is 23.9. The summed E-state index contributed by atoms with van der Waals surface area (Å²) in [5.41, 5.74) is 14.2. The molecule has 0 atom stereocenters. The summed E-state index contributed by atoms with van der Waals surface area (Å²) in [6, 6.07) is 40.5. The van der Waals surface area contributed by atoms with Crippen LogP contribution < -0.4 is 4.90 Å². The average Bonchev–Trinajstić information content (AvgIpc) is 3.36. The highest BCUT2D eigenvalue weighted by Gasteiger charge is 2.37.